The van der Waals surface area contributed by atoms with E-state index in [1.54, 1.807) is 0 Å². The number of benzene rings is 2. The van der Waals surface area contributed by atoms with E-state index in [0.29, 0.717) is 16.8 Å². The second-order valence-electron chi connectivity index (χ2n) is 4.80. The molecule has 2 N–H and O–H groups in total. The number of rotatable bonds is 2. The molecule has 0 bridgehead atoms. The molecule has 0 spiro atoms. The van der Waals surface area contributed by atoms with Crippen LogP contribution in [0.2, 0.25) is 0 Å². The van der Waals surface area contributed by atoms with Crippen LogP contribution < -0.4 is 5.73 Å². The third-order valence-electron chi connectivity index (χ3n) is 3.15. The van der Waals surface area contributed by atoms with Crippen LogP contribution in [-0.4, -0.2) is 5.16 Å². The van der Waals surface area contributed by atoms with E-state index >= 15 is 0 Å². The summed E-state index contributed by atoms with van der Waals surface area (Å²) in [5.41, 5.74) is 9.42. The van der Waals surface area contributed by atoms with Crippen LogP contribution in [0.5, 0.6) is 0 Å². The number of nitrogens with two attached hydrogens (primary N) is 1. The van der Waals surface area contributed by atoms with E-state index in [9.17, 15) is 4.39 Å². The molecule has 0 atom stereocenters. The molecule has 0 fully saturated rings. The molecular formula is C16H12BrFN2O. The minimum absolute atomic E-state index is 0.213. The molecule has 2 aromatic carbocycles. The molecule has 106 valence electrons. The first-order valence-corrected chi connectivity index (χ1v) is 7.12. The standard InChI is InChI=1S/C16H12BrFN2O/c1-9-5-11(8-13(18)6-9)15-14(16(19)21-20-15)10-3-2-4-12(17)7-10/h2-8H,19H2,1H3. The van der Waals surface area contributed by atoms with Gasteiger partial charge in [0.2, 0.25) is 5.88 Å². The van der Waals surface area contributed by atoms with Gasteiger partial charge < -0.3 is 10.3 Å². The van der Waals surface area contributed by atoms with Crippen molar-refractivity contribution >= 4 is 21.8 Å². The molecule has 0 amide bonds. The number of aryl methyl sites for hydroxylation is 1. The molecule has 0 aliphatic carbocycles. The van der Waals surface area contributed by atoms with Crippen LogP contribution in [-0.2, 0) is 0 Å². The number of hydrogen-bond donors (Lipinski definition) is 1. The maximum atomic E-state index is 13.6. The van der Waals surface area contributed by atoms with Crippen LogP contribution in [0, 0.1) is 12.7 Å². The molecule has 5 heteroatoms. The van der Waals surface area contributed by atoms with Gasteiger partial charge in [0, 0.05) is 10.0 Å². The monoisotopic (exact) mass is 346 g/mol. The van der Waals surface area contributed by atoms with Gasteiger partial charge in [0.1, 0.15) is 11.5 Å². The Bertz CT molecular complexity index is 794. The summed E-state index contributed by atoms with van der Waals surface area (Å²) in [6.45, 7) is 1.83. The van der Waals surface area contributed by atoms with Crippen LogP contribution in [0.25, 0.3) is 22.4 Å². The highest BCUT2D eigenvalue weighted by Crippen LogP contribution is 2.37. The van der Waals surface area contributed by atoms with Crippen molar-refractivity contribution in [3.63, 3.8) is 0 Å². The van der Waals surface area contributed by atoms with Crippen molar-refractivity contribution in [3.05, 3.63) is 58.3 Å². The highest BCUT2D eigenvalue weighted by molar-refractivity contribution is 9.10. The largest absolute Gasteiger partial charge is 0.367 e. The molecule has 0 saturated heterocycles. The van der Waals surface area contributed by atoms with Crippen molar-refractivity contribution in [2.45, 2.75) is 6.92 Å². The van der Waals surface area contributed by atoms with E-state index in [-0.39, 0.29) is 11.7 Å². The van der Waals surface area contributed by atoms with Crippen molar-refractivity contribution in [3.8, 4) is 22.4 Å². The quantitative estimate of drug-likeness (QED) is 0.724. The normalized spacial score (nSPS) is 10.8. The van der Waals surface area contributed by atoms with Gasteiger partial charge in [-0.15, -0.1) is 0 Å². The lowest BCUT2D eigenvalue weighted by molar-refractivity contribution is 0.439. The highest BCUT2D eigenvalue weighted by Gasteiger charge is 2.18. The lowest BCUT2D eigenvalue weighted by Gasteiger charge is -2.05. The summed E-state index contributed by atoms with van der Waals surface area (Å²) in [5.74, 6) is -0.100. The predicted octanol–water partition coefficient (Wildman–Crippen LogP) is 4.80. The molecule has 3 rings (SSSR count). The number of nitrogens with zero attached hydrogens (tertiary/aromatic N) is 1. The number of halogens is 2. The first-order chi connectivity index (χ1) is 10.0. The second kappa shape index (κ2) is 5.33. The van der Waals surface area contributed by atoms with Crippen molar-refractivity contribution in [2.75, 3.05) is 5.73 Å². The van der Waals surface area contributed by atoms with Gasteiger partial charge in [-0.25, -0.2) is 4.39 Å². The van der Waals surface area contributed by atoms with Crippen molar-refractivity contribution in [1.82, 2.24) is 5.16 Å². The van der Waals surface area contributed by atoms with Gasteiger partial charge in [0.15, 0.2) is 0 Å². The van der Waals surface area contributed by atoms with E-state index in [1.807, 2.05) is 37.3 Å². The fraction of sp³-hybridized carbons (Fsp3) is 0.0625. The average Bonchev–Trinajstić information content (AvgIpc) is 2.79. The van der Waals surface area contributed by atoms with Gasteiger partial charge >= 0.3 is 0 Å². The van der Waals surface area contributed by atoms with Crippen LogP contribution >= 0.6 is 15.9 Å². The molecule has 0 aliphatic heterocycles. The van der Waals surface area contributed by atoms with Crippen molar-refractivity contribution in [2.24, 2.45) is 0 Å². The Morgan fingerprint density at radius 3 is 2.67 bits per heavy atom. The van der Waals surface area contributed by atoms with E-state index in [4.69, 9.17) is 10.3 Å². The number of nitrogen functional groups attached to an aromatic ring is 1. The van der Waals surface area contributed by atoms with Crippen molar-refractivity contribution < 1.29 is 8.91 Å². The zero-order valence-corrected chi connectivity index (χ0v) is 12.8. The van der Waals surface area contributed by atoms with E-state index < -0.39 is 0 Å². The van der Waals surface area contributed by atoms with E-state index in [0.717, 1.165) is 15.6 Å². The van der Waals surface area contributed by atoms with Gasteiger partial charge in [0.25, 0.3) is 0 Å². The number of hydrogen-bond acceptors (Lipinski definition) is 3. The summed E-state index contributed by atoms with van der Waals surface area (Å²) in [4.78, 5) is 0. The zero-order valence-electron chi connectivity index (χ0n) is 11.2. The molecule has 1 heterocycles. The summed E-state index contributed by atoms with van der Waals surface area (Å²) in [5, 5.41) is 3.99. The highest BCUT2D eigenvalue weighted by atomic mass is 79.9. The van der Waals surface area contributed by atoms with Crippen LogP contribution in [0.1, 0.15) is 5.56 Å². The Hall–Kier alpha value is -2.14. The van der Waals surface area contributed by atoms with Crippen LogP contribution in [0.4, 0.5) is 10.3 Å². The molecule has 21 heavy (non-hydrogen) atoms. The maximum Gasteiger partial charge on any atom is 0.230 e. The van der Waals surface area contributed by atoms with Gasteiger partial charge in [-0.2, -0.15) is 0 Å². The van der Waals surface area contributed by atoms with Gasteiger partial charge in [-0.1, -0.05) is 33.2 Å². The van der Waals surface area contributed by atoms with Crippen molar-refractivity contribution in [1.29, 1.82) is 0 Å². The Labute approximate surface area is 129 Å². The summed E-state index contributed by atoms with van der Waals surface area (Å²) in [7, 11) is 0. The first kappa shape index (κ1) is 13.8. The molecule has 3 nitrogen and oxygen atoms in total. The Morgan fingerprint density at radius 2 is 1.95 bits per heavy atom. The Kier molecular flexibility index (Phi) is 3.51. The fourth-order valence-electron chi connectivity index (χ4n) is 2.30. The molecule has 1 aromatic heterocycles. The average molecular weight is 347 g/mol. The van der Waals surface area contributed by atoms with E-state index in [1.165, 1.54) is 12.1 Å². The predicted molar refractivity (Wildman–Crippen MR) is 84.2 cm³/mol. The SMILES string of the molecule is Cc1cc(F)cc(-c2noc(N)c2-c2cccc(Br)c2)c1. The Balaban J connectivity index is 2.21. The maximum absolute atomic E-state index is 13.6. The number of anilines is 1. The lowest BCUT2D eigenvalue weighted by atomic mass is 10.00. The van der Waals surface area contributed by atoms with Gasteiger partial charge in [0.05, 0.1) is 5.56 Å². The summed E-state index contributed by atoms with van der Waals surface area (Å²) >= 11 is 3.42. The van der Waals surface area contributed by atoms with E-state index in [2.05, 4.69) is 21.1 Å². The third-order valence-corrected chi connectivity index (χ3v) is 3.64. The lowest BCUT2D eigenvalue weighted by Crippen LogP contribution is -1.89. The molecular weight excluding hydrogens is 335 g/mol. The first-order valence-electron chi connectivity index (χ1n) is 6.33. The summed E-state index contributed by atoms with van der Waals surface area (Å²) in [6.07, 6.45) is 0. The van der Waals surface area contributed by atoms with Crippen LogP contribution in [0.3, 0.4) is 0 Å². The summed E-state index contributed by atoms with van der Waals surface area (Å²) < 4.78 is 19.7. The fourth-order valence-corrected chi connectivity index (χ4v) is 2.70. The minimum atomic E-state index is -0.313. The third kappa shape index (κ3) is 2.69. The molecule has 0 aliphatic rings. The topological polar surface area (TPSA) is 52.0 Å². The van der Waals surface area contributed by atoms with Gasteiger partial charge in [-0.05, 0) is 48.4 Å². The Morgan fingerprint density at radius 1 is 1.14 bits per heavy atom. The molecule has 0 saturated carbocycles. The molecule has 0 unspecified atom stereocenters. The second-order valence-corrected chi connectivity index (χ2v) is 5.71. The van der Waals surface area contributed by atoms with Gasteiger partial charge in [-0.3, -0.25) is 0 Å². The summed E-state index contributed by atoms with van der Waals surface area (Å²) in [6, 6.07) is 12.4. The zero-order chi connectivity index (χ0) is 15.0. The minimum Gasteiger partial charge on any atom is -0.367 e. The number of aromatic nitrogens is 1. The molecule has 3 aromatic rings. The van der Waals surface area contributed by atoms with Crippen LogP contribution in [0.15, 0.2) is 51.5 Å². The smallest absolute Gasteiger partial charge is 0.230 e. The molecule has 0 radical (unpaired) electrons.